The fourth-order valence-corrected chi connectivity index (χ4v) is 4.47. The predicted molar refractivity (Wildman–Crippen MR) is 142 cm³/mol. The number of thioether (sulfide) groups is 1. The molecule has 3 aromatic rings. The summed E-state index contributed by atoms with van der Waals surface area (Å²) in [5.74, 6) is 1.43. The van der Waals surface area contributed by atoms with Crippen LogP contribution in [0.4, 0.5) is 11.4 Å². The molecule has 1 fully saturated rings. The lowest BCUT2D eigenvalue weighted by molar-refractivity contribution is -0.384. The van der Waals surface area contributed by atoms with Gasteiger partial charge in [0.05, 0.1) is 29.7 Å². The Hall–Kier alpha value is -3.83. The summed E-state index contributed by atoms with van der Waals surface area (Å²) in [7, 11) is 3.12. The first kappa shape index (κ1) is 25.3. The first-order valence-electron chi connectivity index (χ1n) is 10.5. The van der Waals surface area contributed by atoms with E-state index in [1.54, 1.807) is 61.7 Å². The number of hydrogen-bond acceptors (Lipinski definition) is 8. The Morgan fingerprint density at radius 1 is 1.06 bits per heavy atom. The van der Waals surface area contributed by atoms with Gasteiger partial charge in [-0.05, 0) is 77.5 Å². The van der Waals surface area contributed by atoms with Gasteiger partial charge in [0.2, 0.25) is 0 Å². The summed E-state index contributed by atoms with van der Waals surface area (Å²) in [6.45, 7) is 0.199. The number of nitrogens with one attached hydrogen (secondary N) is 1. The molecular weight excluding hydrogens is 550 g/mol. The van der Waals surface area contributed by atoms with E-state index in [2.05, 4.69) is 26.2 Å². The second-order valence-corrected chi connectivity index (χ2v) is 9.30. The maximum atomic E-state index is 12.5. The quantitative estimate of drug-likeness (QED) is 0.206. The van der Waals surface area contributed by atoms with Crippen LogP contribution in [0.25, 0.3) is 6.08 Å². The number of carbonyl (C=O) groups is 1. The molecule has 3 aromatic carbocycles. The summed E-state index contributed by atoms with van der Waals surface area (Å²) >= 11 is 4.77. The number of ether oxygens (including phenoxy) is 3. The third-order valence-electron chi connectivity index (χ3n) is 5.07. The van der Waals surface area contributed by atoms with Gasteiger partial charge in [-0.1, -0.05) is 15.9 Å². The molecule has 1 N–H and O–H groups in total. The van der Waals surface area contributed by atoms with Crippen molar-refractivity contribution >= 4 is 56.2 Å². The molecule has 36 heavy (non-hydrogen) atoms. The van der Waals surface area contributed by atoms with Gasteiger partial charge in [0, 0.05) is 16.6 Å². The Morgan fingerprint density at radius 3 is 2.42 bits per heavy atom. The number of aliphatic imine (C=N–C) groups is 1. The normalized spacial score (nSPS) is 15.1. The summed E-state index contributed by atoms with van der Waals surface area (Å²) in [5, 5.41) is 14.1. The third-order valence-corrected chi connectivity index (χ3v) is 6.66. The molecule has 0 spiro atoms. The van der Waals surface area contributed by atoms with Crippen molar-refractivity contribution in [3.8, 4) is 17.2 Å². The Morgan fingerprint density at radius 2 is 1.78 bits per heavy atom. The zero-order chi connectivity index (χ0) is 25.7. The van der Waals surface area contributed by atoms with Gasteiger partial charge in [-0.15, -0.1) is 0 Å². The van der Waals surface area contributed by atoms with Crippen molar-refractivity contribution in [1.82, 2.24) is 5.32 Å². The number of benzene rings is 3. The predicted octanol–water partition coefficient (Wildman–Crippen LogP) is 5.85. The van der Waals surface area contributed by atoms with E-state index in [9.17, 15) is 14.9 Å². The van der Waals surface area contributed by atoms with Crippen molar-refractivity contribution in [2.45, 2.75) is 6.61 Å². The average Bonchev–Trinajstić information content (AvgIpc) is 3.22. The van der Waals surface area contributed by atoms with Crippen molar-refractivity contribution in [2.24, 2.45) is 4.99 Å². The Kier molecular flexibility index (Phi) is 7.91. The highest BCUT2D eigenvalue weighted by molar-refractivity contribution is 9.10. The highest BCUT2D eigenvalue weighted by Gasteiger charge is 2.24. The first-order valence-corrected chi connectivity index (χ1v) is 12.1. The topological polar surface area (TPSA) is 112 Å². The van der Waals surface area contributed by atoms with E-state index in [1.165, 1.54) is 31.0 Å². The number of amidine groups is 1. The molecule has 1 amide bonds. The van der Waals surface area contributed by atoms with Crippen LogP contribution in [0.5, 0.6) is 17.2 Å². The minimum atomic E-state index is -0.450. The Bertz CT molecular complexity index is 1360. The van der Waals surface area contributed by atoms with Gasteiger partial charge >= 0.3 is 0 Å². The van der Waals surface area contributed by atoms with Gasteiger partial charge in [0.1, 0.15) is 12.4 Å². The zero-order valence-electron chi connectivity index (χ0n) is 19.2. The highest BCUT2D eigenvalue weighted by atomic mass is 79.9. The van der Waals surface area contributed by atoms with Gasteiger partial charge in [-0.25, -0.2) is 4.99 Å². The van der Waals surface area contributed by atoms with Crippen LogP contribution < -0.4 is 19.5 Å². The molecule has 0 radical (unpaired) electrons. The molecule has 0 unspecified atom stereocenters. The number of halogens is 1. The number of nitro benzene ring substituents is 1. The minimum absolute atomic E-state index is 0.0162. The molecule has 9 nitrogen and oxygen atoms in total. The summed E-state index contributed by atoms with van der Waals surface area (Å²) in [6.07, 6.45) is 1.74. The molecule has 0 saturated carbocycles. The smallest absolute Gasteiger partial charge is 0.269 e. The van der Waals surface area contributed by atoms with Crippen molar-refractivity contribution in [3.05, 3.63) is 91.3 Å². The van der Waals surface area contributed by atoms with E-state index in [1.807, 2.05) is 0 Å². The molecular formula is C25H20BrN3O6S. The SMILES string of the molecule is COc1ccc(N=C2NC(=O)/C(=C\c3cc(OC)c(OCc4ccc([N+](=O)[O-])cc4)cc3Br)S2)cc1. The minimum Gasteiger partial charge on any atom is -0.497 e. The van der Waals surface area contributed by atoms with E-state index in [-0.39, 0.29) is 18.2 Å². The number of nitro groups is 1. The first-order chi connectivity index (χ1) is 17.4. The van der Waals surface area contributed by atoms with Gasteiger partial charge in [0.15, 0.2) is 16.7 Å². The van der Waals surface area contributed by atoms with Gasteiger partial charge in [-0.2, -0.15) is 0 Å². The summed E-state index contributed by atoms with van der Waals surface area (Å²) in [4.78, 5) is 27.8. The van der Waals surface area contributed by atoms with E-state index in [0.717, 1.165) is 16.9 Å². The fraction of sp³-hybridized carbons (Fsp3) is 0.120. The molecule has 1 aliphatic heterocycles. The van der Waals surface area contributed by atoms with Gasteiger partial charge < -0.3 is 19.5 Å². The molecule has 0 aliphatic carbocycles. The molecule has 0 bridgehead atoms. The largest absolute Gasteiger partial charge is 0.497 e. The summed E-state index contributed by atoms with van der Waals surface area (Å²) < 4.78 is 17.2. The van der Waals surface area contributed by atoms with E-state index in [0.29, 0.717) is 31.7 Å². The number of carbonyl (C=O) groups excluding carboxylic acids is 1. The van der Waals surface area contributed by atoms with Crippen LogP contribution in [-0.2, 0) is 11.4 Å². The van der Waals surface area contributed by atoms with Crippen LogP contribution in [0.3, 0.4) is 0 Å². The van der Waals surface area contributed by atoms with Crippen LogP contribution in [0.2, 0.25) is 0 Å². The Balaban J connectivity index is 1.50. The maximum absolute atomic E-state index is 12.5. The lowest BCUT2D eigenvalue weighted by atomic mass is 10.1. The summed E-state index contributed by atoms with van der Waals surface area (Å²) in [6, 6.07) is 16.8. The zero-order valence-corrected chi connectivity index (χ0v) is 21.6. The third kappa shape index (κ3) is 6.04. The molecule has 1 saturated heterocycles. The second kappa shape index (κ2) is 11.3. The van der Waals surface area contributed by atoms with E-state index >= 15 is 0 Å². The lowest BCUT2D eigenvalue weighted by Crippen LogP contribution is -2.19. The van der Waals surface area contributed by atoms with Crippen LogP contribution in [0.1, 0.15) is 11.1 Å². The Labute approximate surface area is 219 Å². The molecule has 0 aromatic heterocycles. The van der Waals surface area contributed by atoms with Crippen LogP contribution in [0.15, 0.2) is 75.0 Å². The van der Waals surface area contributed by atoms with Crippen molar-refractivity contribution < 1.29 is 23.9 Å². The number of methoxy groups -OCH3 is 2. The van der Waals surface area contributed by atoms with E-state index < -0.39 is 4.92 Å². The standard InChI is InChI=1S/C25H20BrN3O6S/c1-33-19-9-5-17(6-10-19)27-25-28-24(30)23(36-25)12-16-11-21(34-2)22(13-20(16)26)35-14-15-3-7-18(8-4-15)29(31)32/h3-13H,14H2,1-2H3,(H,27,28,30)/b23-12+. The number of non-ortho nitro benzene ring substituents is 1. The summed E-state index contributed by atoms with van der Waals surface area (Å²) in [5.41, 5.74) is 2.20. The number of rotatable bonds is 8. The van der Waals surface area contributed by atoms with Crippen molar-refractivity contribution in [1.29, 1.82) is 0 Å². The van der Waals surface area contributed by atoms with Crippen LogP contribution >= 0.6 is 27.7 Å². The lowest BCUT2D eigenvalue weighted by Gasteiger charge is -2.13. The number of hydrogen-bond donors (Lipinski definition) is 1. The molecule has 4 rings (SSSR count). The monoisotopic (exact) mass is 569 g/mol. The molecule has 1 heterocycles. The van der Waals surface area contributed by atoms with Crippen molar-refractivity contribution in [3.63, 3.8) is 0 Å². The average molecular weight is 570 g/mol. The van der Waals surface area contributed by atoms with E-state index in [4.69, 9.17) is 14.2 Å². The highest BCUT2D eigenvalue weighted by Crippen LogP contribution is 2.37. The van der Waals surface area contributed by atoms with Crippen LogP contribution in [0, 0.1) is 10.1 Å². The molecule has 0 atom stereocenters. The fourth-order valence-electron chi connectivity index (χ4n) is 3.20. The molecule has 184 valence electrons. The second-order valence-electron chi connectivity index (χ2n) is 7.42. The van der Waals surface area contributed by atoms with Crippen molar-refractivity contribution in [2.75, 3.05) is 14.2 Å². The number of amides is 1. The number of nitrogens with zero attached hydrogens (tertiary/aromatic N) is 2. The molecule has 1 aliphatic rings. The van der Waals surface area contributed by atoms with Crippen LogP contribution in [-0.4, -0.2) is 30.2 Å². The maximum Gasteiger partial charge on any atom is 0.269 e. The van der Waals surface area contributed by atoms with Gasteiger partial charge in [-0.3, -0.25) is 14.9 Å². The molecule has 11 heteroatoms. The van der Waals surface area contributed by atoms with Gasteiger partial charge in [0.25, 0.3) is 11.6 Å².